The van der Waals surface area contributed by atoms with Crippen molar-refractivity contribution < 1.29 is 8.78 Å². The van der Waals surface area contributed by atoms with Gasteiger partial charge in [-0.25, -0.2) is 8.78 Å². The van der Waals surface area contributed by atoms with Crippen LogP contribution in [0.3, 0.4) is 0 Å². The summed E-state index contributed by atoms with van der Waals surface area (Å²) < 4.78 is 30.4. The zero-order valence-corrected chi connectivity index (χ0v) is 16.4. The molecule has 0 saturated carbocycles. The number of aryl methyl sites for hydroxylation is 2. The van der Waals surface area contributed by atoms with E-state index in [4.69, 9.17) is 0 Å². The third-order valence-electron chi connectivity index (χ3n) is 6.12. The van der Waals surface area contributed by atoms with Crippen LogP contribution in [0.5, 0.6) is 0 Å². The monoisotopic (exact) mass is 393 g/mol. The van der Waals surface area contributed by atoms with Gasteiger partial charge in [0.15, 0.2) is 0 Å². The van der Waals surface area contributed by atoms with Crippen LogP contribution in [-0.4, -0.2) is 22.6 Å². The van der Waals surface area contributed by atoms with Crippen LogP contribution >= 0.6 is 0 Å². The summed E-state index contributed by atoms with van der Waals surface area (Å²) in [5.41, 5.74) is 3.94. The highest BCUT2D eigenvalue weighted by Crippen LogP contribution is 2.33. The Kier molecular flexibility index (Phi) is 4.74. The van der Waals surface area contributed by atoms with Gasteiger partial charge in [-0.1, -0.05) is 0 Å². The summed E-state index contributed by atoms with van der Waals surface area (Å²) in [5.74, 6) is -0.333. The maximum atomic E-state index is 14.6. The number of H-pyrrole nitrogens is 1. The largest absolute Gasteiger partial charge is 0.369 e. The molecule has 4 aromatic rings. The topological polar surface area (TPSA) is 24.0 Å². The van der Waals surface area contributed by atoms with Crippen LogP contribution in [0.25, 0.3) is 21.8 Å². The van der Waals surface area contributed by atoms with E-state index in [1.165, 1.54) is 12.5 Å². The second-order valence-corrected chi connectivity index (χ2v) is 7.99. The minimum absolute atomic E-state index is 0.127. The molecule has 1 N–H and O–H groups in total. The van der Waals surface area contributed by atoms with E-state index in [-0.39, 0.29) is 11.6 Å². The molecule has 150 valence electrons. The lowest BCUT2D eigenvalue weighted by Crippen LogP contribution is -2.30. The standard InChI is InChI=1S/C24H25F2N3/c25-18-6-8-22-20(15-18)17(16-27-22)5-4-13-28-14-10-19-23(28)9-7-21(26)24(19)29-11-2-1-3-12-29/h6-10,14-16,27H,1-5,11-13H2. The highest BCUT2D eigenvalue weighted by atomic mass is 19.1. The molecule has 0 amide bonds. The van der Waals surface area contributed by atoms with E-state index in [1.807, 2.05) is 18.3 Å². The summed E-state index contributed by atoms with van der Waals surface area (Å²) in [6.07, 6.45) is 9.32. The molecule has 29 heavy (non-hydrogen) atoms. The predicted molar refractivity (Wildman–Crippen MR) is 115 cm³/mol. The fourth-order valence-electron chi connectivity index (χ4n) is 4.66. The van der Waals surface area contributed by atoms with Crippen LogP contribution < -0.4 is 4.90 Å². The number of hydrogen-bond acceptors (Lipinski definition) is 1. The second kappa shape index (κ2) is 7.54. The molecule has 1 saturated heterocycles. The summed E-state index contributed by atoms with van der Waals surface area (Å²) >= 11 is 0. The zero-order chi connectivity index (χ0) is 19.8. The van der Waals surface area contributed by atoms with E-state index in [0.29, 0.717) is 0 Å². The van der Waals surface area contributed by atoms with Crippen molar-refractivity contribution in [2.45, 2.75) is 38.6 Å². The SMILES string of the molecule is Fc1ccc2[nH]cc(CCCn3ccc4c(N5CCCCC5)c(F)ccc43)c2c1. The number of hydrogen-bond donors (Lipinski definition) is 1. The number of nitrogens with one attached hydrogen (secondary N) is 1. The molecule has 2 aromatic carbocycles. The van der Waals surface area contributed by atoms with Crippen LogP contribution in [0.1, 0.15) is 31.2 Å². The Bertz CT molecular complexity index is 1150. The van der Waals surface area contributed by atoms with Gasteiger partial charge >= 0.3 is 0 Å². The van der Waals surface area contributed by atoms with Gasteiger partial charge < -0.3 is 14.5 Å². The van der Waals surface area contributed by atoms with Gasteiger partial charge in [0.25, 0.3) is 0 Å². The van der Waals surface area contributed by atoms with Gasteiger partial charge in [-0.05, 0) is 74.1 Å². The molecule has 0 spiro atoms. The number of benzene rings is 2. The van der Waals surface area contributed by atoms with Crippen molar-refractivity contribution in [3.8, 4) is 0 Å². The molecule has 1 aliphatic heterocycles. The maximum Gasteiger partial charge on any atom is 0.147 e. The highest BCUT2D eigenvalue weighted by molar-refractivity contribution is 5.93. The minimum Gasteiger partial charge on any atom is -0.369 e. The molecule has 5 heteroatoms. The van der Waals surface area contributed by atoms with Crippen LogP contribution in [0.4, 0.5) is 14.5 Å². The number of halogens is 2. The molecule has 3 nitrogen and oxygen atoms in total. The Morgan fingerprint density at radius 3 is 2.66 bits per heavy atom. The molecule has 5 rings (SSSR count). The number of nitrogens with zero attached hydrogens (tertiary/aromatic N) is 2. The van der Waals surface area contributed by atoms with Gasteiger partial charge in [0.2, 0.25) is 0 Å². The second-order valence-electron chi connectivity index (χ2n) is 7.99. The number of piperidine rings is 1. The van der Waals surface area contributed by atoms with Crippen molar-refractivity contribution in [1.82, 2.24) is 9.55 Å². The predicted octanol–water partition coefficient (Wildman–Crippen LogP) is 6.02. The van der Waals surface area contributed by atoms with Crippen molar-refractivity contribution in [2.75, 3.05) is 18.0 Å². The Labute approximate surface area is 168 Å². The first-order valence-electron chi connectivity index (χ1n) is 10.5. The van der Waals surface area contributed by atoms with Crippen LogP contribution in [-0.2, 0) is 13.0 Å². The van der Waals surface area contributed by atoms with E-state index in [2.05, 4.69) is 20.6 Å². The van der Waals surface area contributed by atoms with Gasteiger partial charge in [-0.3, -0.25) is 0 Å². The first kappa shape index (κ1) is 18.2. The van der Waals surface area contributed by atoms with Crippen LogP contribution in [0.2, 0.25) is 0 Å². The lowest BCUT2D eigenvalue weighted by Gasteiger charge is -2.29. The molecule has 0 radical (unpaired) electrons. The normalized spacial score (nSPS) is 14.9. The molecule has 1 fully saturated rings. The van der Waals surface area contributed by atoms with E-state index in [9.17, 15) is 8.78 Å². The number of anilines is 1. The fraction of sp³-hybridized carbons (Fsp3) is 0.333. The smallest absolute Gasteiger partial charge is 0.147 e. The quantitative estimate of drug-likeness (QED) is 0.440. The molecule has 0 aliphatic carbocycles. The van der Waals surface area contributed by atoms with Crippen molar-refractivity contribution in [3.63, 3.8) is 0 Å². The number of aromatic amines is 1. The number of aromatic nitrogens is 2. The van der Waals surface area contributed by atoms with Gasteiger partial charge in [-0.15, -0.1) is 0 Å². The van der Waals surface area contributed by atoms with Gasteiger partial charge in [0.1, 0.15) is 11.6 Å². The summed E-state index contributed by atoms with van der Waals surface area (Å²) in [6, 6.07) is 10.4. The molecule has 0 unspecified atom stereocenters. The van der Waals surface area contributed by atoms with E-state index in [1.54, 1.807) is 18.2 Å². The Hall–Kier alpha value is -2.82. The molecule has 3 heterocycles. The van der Waals surface area contributed by atoms with Crippen molar-refractivity contribution in [2.24, 2.45) is 0 Å². The van der Waals surface area contributed by atoms with Gasteiger partial charge in [-0.2, -0.15) is 0 Å². The first-order chi connectivity index (χ1) is 14.2. The van der Waals surface area contributed by atoms with Crippen LogP contribution in [0, 0.1) is 11.6 Å². The van der Waals surface area contributed by atoms with E-state index >= 15 is 0 Å². The van der Waals surface area contributed by atoms with Crippen molar-refractivity contribution >= 4 is 27.5 Å². The number of fused-ring (bicyclic) bond motifs is 2. The van der Waals surface area contributed by atoms with Crippen molar-refractivity contribution in [3.05, 3.63) is 66.0 Å². The summed E-state index contributed by atoms with van der Waals surface area (Å²) in [6.45, 7) is 2.70. The highest BCUT2D eigenvalue weighted by Gasteiger charge is 2.19. The Balaban J connectivity index is 1.36. The lowest BCUT2D eigenvalue weighted by molar-refractivity contribution is 0.559. The molecular weight excluding hydrogens is 368 g/mol. The minimum atomic E-state index is -0.206. The third kappa shape index (κ3) is 3.39. The molecule has 0 atom stereocenters. The lowest BCUT2D eigenvalue weighted by atomic mass is 10.1. The summed E-state index contributed by atoms with van der Waals surface area (Å²) in [4.78, 5) is 5.42. The van der Waals surface area contributed by atoms with Gasteiger partial charge in [0, 0.05) is 48.3 Å². The summed E-state index contributed by atoms with van der Waals surface area (Å²) in [7, 11) is 0. The molecule has 1 aliphatic rings. The Morgan fingerprint density at radius 2 is 1.79 bits per heavy atom. The Morgan fingerprint density at radius 1 is 0.931 bits per heavy atom. The third-order valence-corrected chi connectivity index (χ3v) is 6.12. The fourth-order valence-corrected chi connectivity index (χ4v) is 4.66. The summed E-state index contributed by atoms with van der Waals surface area (Å²) in [5, 5.41) is 1.96. The average Bonchev–Trinajstić information content (AvgIpc) is 3.33. The van der Waals surface area contributed by atoms with Crippen LogP contribution in [0.15, 0.2) is 48.8 Å². The maximum absolute atomic E-state index is 14.6. The molecule has 2 aromatic heterocycles. The number of rotatable bonds is 5. The molecule has 0 bridgehead atoms. The van der Waals surface area contributed by atoms with Crippen molar-refractivity contribution in [1.29, 1.82) is 0 Å². The van der Waals surface area contributed by atoms with E-state index in [0.717, 1.165) is 78.4 Å². The zero-order valence-electron chi connectivity index (χ0n) is 16.4. The molecular formula is C24H25F2N3. The first-order valence-corrected chi connectivity index (χ1v) is 10.5. The van der Waals surface area contributed by atoms with E-state index < -0.39 is 0 Å². The van der Waals surface area contributed by atoms with Gasteiger partial charge in [0.05, 0.1) is 11.2 Å². The average molecular weight is 393 g/mol.